The Kier molecular flexibility index (Phi) is 4.76. The Morgan fingerprint density at radius 2 is 1.58 bits per heavy atom. The summed E-state index contributed by atoms with van der Waals surface area (Å²) in [6.45, 7) is 2.08. The quantitative estimate of drug-likeness (QED) is 0.897. The highest BCUT2D eigenvalue weighted by Gasteiger charge is 2.15. The molecule has 6 heteroatoms. The molecule has 0 saturated carbocycles. The van der Waals surface area contributed by atoms with Gasteiger partial charge in [-0.2, -0.15) is 15.0 Å². The van der Waals surface area contributed by atoms with Crippen LogP contribution in [0.3, 0.4) is 0 Å². The largest absolute Gasteiger partial charge is 0.357 e. The Morgan fingerprint density at radius 3 is 2.16 bits per heavy atom. The molecule has 1 aliphatic rings. The van der Waals surface area contributed by atoms with Crippen molar-refractivity contribution in [1.82, 2.24) is 15.0 Å². The van der Waals surface area contributed by atoms with E-state index in [1.807, 2.05) is 26.0 Å². The lowest BCUT2D eigenvalue weighted by Gasteiger charge is -2.25. The second kappa shape index (κ2) is 6.54. The van der Waals surface area contributed by atoms with Crippen molar-refractivity contribution in [3.05, 3.63) is 0 Å². The second-order valence-corrected chi connectivity index (χ2v) is 5.16. The first-order chi connectivity index (χ1) is 9.20. The van der Waals surface area contributed by atoms with Crippen LogP contribution in [0.15, 0.2) is 0 Å². The lowest BCUT2D eigenvalue weighted by atomic mass is 10.1. The van der Waals surface area contributed by atoms with Gasteiger partial charge in [0.2, 0.25) is 17.8 Å². The van der Waals surface area contributed by atoms with E-state index in [0.29, 0.717) is 11.9 Å². The number of hydrogen-bond donors (Lipinski definition) is 1. The van der Waals surface area contributed by atoms with Gasteiger partial charge in [0, 0.05) is 34.2 Å². The molecule has 1 aliphatic heterocycles. The normalized spacial score (nSPS) is 16.7. The SMILES string of the molecule is CNc1nc(N(C)C)nc(N2CCCCCCC2)n1. The molecule has 0 spiro atoms. The summed E-state index contributed by atoms with van der Waals surface area (Å²) in [5.41, 5.74) is 0. The molecular weight excluding hydrogens is 240 g/mol. The maximum Gasteiger partial charge on any atom is 0.231 e. The number of nitrogens with zero attached hydrogens (tertiary/aromatic N) is 5. The van der Waals surface area contributed by atoms with Crippen molar-refractivity contribution in [3.8, 4) is 0 Å². The van der Waals surface area contributed by atoms with Crippen LogP contribution >= 0.6 is 0 Å². The number of rotatable bonds is 3. The highest BCUT2D eigenvalue weighted by molar-refractivity contribution is 5.44. The minimum atomic E-state index is 0.635. The number of anilines is 3. The lowest BCUT2D eigenvalue weighted by Crippen LogP contribution is -2.30. The molecular formula is C13H24N6. The van der Waals surface area contributed by atoms with Gasteiger partial charge in [0.15, 0.2) is 0 Å². The van der Waals surface area contributed by atoms with Crippen LogP contribution in [-0.4, -0.2) is 49.2 Å². The summed E-state index contributed by atoms with van der Waals surface area (Å²) >= 11 is 0. The molecule has 0 aliphatic carbocycles. The molecule has 0 amide bonds. The molecule has 0 bridgehead atoms. The first-order valence-corrected chi connectivity index (χ1v) is 7.07. The van der Waals surface area contributed by atoms with Crippen LogP contribution in [0.25, 0.3) is 0 Å². The van der Waals surface area contributed by atoms with Gasteiger partial charge in [-0.1, -0.05) is 19.3 Å². The third kappa shape index (κ3) is 3.68. The Balaban J connectivity index is 2.23. The lowest BCUT2D eigenvalue weighted by molar-refractivity contribution is 0.550. The van der Waals surface area contributed by atoms with Crippen molar-refractivity contribution in [2.45, 2.75) is 32.1 Å². The molecule has 106 valence electrons. The standard InChI is InChI=1S/C13H24N6/c1-14-11-15-12(18(2)3)17-13(16-11)19-9-7-5-4-6-8-10-19/h4-10H2,1-3H3,(H,14,15,16,17). The first kappa shape index (κ1) is 13.8. The summed E-state index contributed by atoms with van der Waals surface area (Å²) in [6.07, 6.45) is 6.41. The topological polar surface area (TPSA) is 57.2 Å². The van der Waals surface area contributed by atoms with E-state index in [-0.39, 0.29) is 0 Å². The number of nitrogens with one attached hydrogen (secondary N) is 1. The van der Waals surface area contributed by atoms with Gasteiger partial charge in [-0.25, -0.2) is 0 Å². The van der Waals surface area contributed by atoms with Gasteiger partial charge in [0.1, 0.15) is 0 Å². The van der Waals surface area contributed by atoms with Gasteiger partial charge in [0.05, 0.1) is 0 Å². The molecule has 1 N–H and O–H groups in total. The van der Waals surface area contributed by atoms with Crippen molar-refractivity contribution in [2.24, 2.45) is 0 Å². The fraction of sp³-hybridized carbons (Fsp3) is 0.769. The van der Waals surface area contributed by atoms with Crippen LogP contribution in [-0.2, 0) is 0 Å². The third-order valence-electron chi connectivity index (χ3n) is 3.37. The van der Waals surface area contributed by atoms with Crippen molar-refractivity contribution in [2.75, 3.05) is 49.3 Å². The highest BCUT2D eigenvalue weighted by atomic mass is 15.3. The first-order valence-electron chi connectivity index (χ1n) is 7.07. The Hall–Kier alpha value is -1.59. The molecule has 2 rings (SSSR count). The van der Waals surface area contributed by atoms with E-state index in [2.05, 4.69) is 25.2 Å². The maximum atomic E-state index is 4.57. The summed E-state index contributed by atoms with van der Waals surface area (Å²) in [4.78, 5) is 17.6. The molecule has 0 aromatic carbocycles. The smallest absolute Gasteiger partial charge is 0.231 e. The van der Waals surface area contributed by atoms with E-state index >= 15 is 0 Å². The van der Waals surface area contributed by atoms with Crippen LogP contribution in [0.4, 0.5) is 17.8 Å². The Labute approximate surface area is 115 Å². The van der Waals surface area contributed by atoms with Crippen LogP contribution in [0, 0.1) is 0 Å². The number of hydrogen-bond acceptors (Lipinski definition) is 6. The molecule has 19 heavy (non-hydrogen) atoms. The van der Waals surface area contributed by atoms with Gasteiger partial charge in [0.25, 0.3) is 0 Å². The van der Waals surface area contributed by atoms with Crippen molar-refractivity contribution < 1.29 is 0 Å². The summed E-state index contributed by atoms with van der Waals surface area (Å²) < 4.78 is 0. The zero-order valence-corrected chi connectivity index (χ0v) is 12.2. The highest BCUT2D eigenvalue weighted by Crippen LogP contribution is 2.18. The molecule has 1 fully saturated rings. The number of aromatic nitrogens is 3. The minimum absolute atomic E-state index is 0.635. The predicted octanol–water partition coefficient (Wildman–Crippen LogP) is 1.75. The van der Waals surface area contributed by atoms with Gasteiger partial charge >= 0.3 is 0 Å². The molecule has 0 radical (unpaired) electrons. The van der Waals surface area contributed by atoms with Crippen molar-refractivity contribution in [3.63, 3.8) is 0 Å². The van der Waals surface area contributed by atoms with Gasteiger partial charge in [-0.3, -0.25) is 0 Å². The molecule has 1 saturated heterocycles. The molecule has 6 nitrogen and oxygen atoms in total. The minimum Gasteiger partial charge on any atom is -0.357 e. The maximum absolute atomic E-state index is 4.57. The van der Waals surface area contributed by atoms with E-state index in [0.717, 1.165) is 19.0 Å². The fourth-order valence-electron chi connectivity index (χ4n) is 2.25. The Bertz CT molecular complexity index is 398. The summed E-state index contributed by atoms with van der Waals surface area (Å²) in [5.74, 6) is 2.14. The zero-order valence-electron chi connectivity index (χ0n) is 12.2. The van der Waals surface area contributed by atoms with Gasteiger partial charge in [-0.15, -0.1) is 0 Å². The average molecular weight is 264 g/mol. The van der Waals surface area contributed by atoms with Gasteiger partial charge < -0.3 is 15.1 Å². The Morgan fingerprint density at radius 1 is 0.947 bits per heavy atom. The summed E-state index contributed by atoms with van der Waals surface area (Å²) in [7, 11) is 5.74. The van der Waals surface area contributed by atoms with Crippen LogP contribution in [0.5, 0.6) is 0 Å². The second-order valence-electron chi connectivity index (χ2n) is 5.16. The fourth-order valence-corrected chi connectivity index (χ4v) is 2.25. The summed E-state index contributed by atoms with van der Waals surface area (Å²) in [6, 6.07) is 0. The summed E-state index contributed by atoms with van der Waals surface area (Å²) in [5, 5.41) is 3.01. The van der Waals surface area contributed by atoms with E-state index < -0.39 is 0 Å². The zero-order chi connectivity index (χ0) is 13.7. The molecule has 1 aromatic heterocycles. The monoisotopic (exact) mass is 264 g/mol. The molecule has 0 atom stereocenters. The molecule has 0 unspecified atom stereocenters. The molecule has 2 heterocycles. The third-order valence-corrected chi connectivity index (χ3v) is 3.37. The average Bonchev–Trinajstić information content (AvgIpc) is 2.37. The van der Waals surface area contributed by atoms with Crippen molar-refractivity contribution >= 4 is 17.8 Å². The van der Waals surface area contributed by atoms with Crippen LogP contribution in [0.1, 0.15) is 32.1 Å². The van der Waals surface area contributed by atoms with E-state index in [4.69, 9.17) is 0 Å². The van der Waals surface area contributed by atoms with Gasteiger partial charge in [-0.05, 0) is 12.8 Å². The van der Waals surface area contributed by atoms with E-state index in [9.17, 15) is 0 Å². The van der Waals surface area contributed by atoms with Crippen LogP contribution < -0.4 is 15.1 Å². The van der Waals surface area contributed by atoms with E-state index in [1.165, 1.54) is 32.1 Å². The van der Waals surface area contributed by atoms with Crippen LogP contribution in [0.2, 0.25) is 0 Å². The van der Waals surface area contributed by atoms with E-state index in [1.54, 1.807) is 0 Å². The predicted molar refractivity (Wildman–Crippen MR) is 79.0 cm³/mol. The van der Waals surface area contributed by atoms with Crippen molar-refractivity contribution in [1.29, 1.82) is 0 Å². The molecule has 1 aromatic rings.